The molecule has 1 fully saturated rings. The van der Waals surface area contributed by atoms with Crippen LogP contribution >= 0.6 is 0 Å². The number of carboxylic acid groups (broad SMARTS) is 1. The van der Waals surface area contributed by atoms with E-state index in [0.29, 0.717) is 0 Å². The van der Waals surface area contributed by atoms with Crippen LogP contribution < -0.4 is 5.32 Å². The third kappa shape index (κ3) is 3.07. The number of nitrogens with one attached hydrogen (secondary N) is 1. The number of hydrogen-bond acceptors (Lipinski definition) is 2. The number of aliphatic carboxylic acids is 1. The van der Waals surface area contributed by atoms with Gasteiger partial charge in [-0.1, -0.05) is 0 Å². The van der Waals surface area contributed by atoms with Gasteiger partial charge in [0.2, 0.25) is 0 Å². The lowest BCUT2D eigenvalue weighted by atomic mass is 9.74. The highest BCUT2D eigenvalue weighted by molar-refractivity contribution is 5.80. The van der Waals surface area contributed by atoms with Gasteiger partial charge in [0.05, 0.1) is 11.0 Å². The molecule has 5 heteroatoms. The minimum absolute atomic E-state index is 0.163. The van der Waals surface area contributed by atoms with Crippen molar-refractivity contribution in [3.63, 3.8) is 0 Å². The summed E-state index contributed by atoms with van der Waals surface area (Å²) in [6.07, 6.45) is 3.14. The summed E-state index contributed by atoms with van der Waals surface area (Å²) in [6, 6.07) is 0.231. The number of rotatable bonds is 3. The molecule has 116 valence electrons. The average Bonchev–Trinajstić information content (AvgIpc) is 2.27. The predicted octanol–water partition coefficient (Wildman–Crippen LogP) is 2.85. The summed E-state index contributed by atoms with van der Waals surface area (Å²) in [5.41, 5.74) is -1.86. The Hall–Kier alpha value is -1.26. The lowest BCUT2D eigenvalue weighted by Gasteiger charge is -2.44. The van der Waals surface area contributed by atoms with Crippen LogP contribution in [0.1, 0.15) is 60.8 Å². The van der Waals surface area contributed by atoms with Gasteiger partial charge >= 0.3 is 12.0 Å². The van der Waals surface area contributed by atoms with Gasteiger partial charge in [0, 0.05) is 12.1 Å². The molecule has 5 nitrogen and oxygen atoms in total. The van der Waals surface area contributed by atoms with Gasteiger partial charge in [-0.2, -0.15) is 0 Å². The second-order valence-corrected chi connectivity index (χ2v) is 7.02. The van der Waals surface area contributed by atoms with Crippen LogP contribution in [0.3, 0.4) is 0 Å². The Kier molecular flexibility index (Phi) is 4.72. The maximum absolute atomic E-state index is 12.5. The van der Waals surface area contributed by atoms with Crippen molar-refractivity contribution in [2.45, 2.75) is 78.4 Å². The number of amides is 2. The Morgan fingerprint density at radius 3 is 1.95 bits per heavy atom. The zero-order valence-corrected chi connectivity index (χ0v) is 13.5. The van der Waals surface area contributed by atoms with Gasteiger partial charge in [0.15, 0.2) is 0 Å². The van der Waals surface area contributed by atoms with Gasteiger partial charge < -0.3 is 15.3 Å². The second-order valence-electron chi connectivity index (χ2n) is 7.02. The van der Waals surface area contributed by atoms with Gasteiger partial charge in [0.25, 0.3) is 0 Å². The fraction of sp³-hybridized carbons (Fsp3) is 0.867. The van der Waals surface area contributed by atoms with Crippen LogP contribution in [-0.2, 0) is 4.79 Å². The topological polar surface area (TPSA) is 69.6 Å². The number of piperidine rings is 1. The van der Waals surface area contributed by atoms with E-state index in [2.05, 4.69) is 5.32 Å². The number of urea groups is 1. The van der Waals surface area contributed by atoms with Crippen LogP contribution in [0, 0.1) is 5.41 Å². The van der Waals surface area contributed by atoms with Gasteiger partial charge in [-0.05, 0) is 60.8 Å². The molecule has 2 atom stereocenters. The lowest BCUT2D eigenvalue weighted by molar-refractivity contribution is -0.150. The molecule has 2 N–H and O–H groups in total. The summed E-state index contributed by atoms with van der Waals surface area (Å²) < 4.78 is 0. The minimum atomic E-state index is -1.04. The first-order valence-corrected chi connectivity index (χ1v) is 7.34. The number of carbonyl (C=O) groups excluding carboxylic acids is 1. The molecule has 2 unspecified atom stereocenters. The molecule has 0 aromatic carbocycles. The Balaban J connectivity index is 2.86. The Morgan fingerprint density at radius 1 is 1.10 bits per heavy atom. The summed E-state index contributed by atoms with van der Waals surface area (Å²) in [6.45, 7) is 10.9. The Morgan fingerprint density at radius 2 is 1.55 bits per heavy atom. The summed E-state index contributed by atoms with van der Waals surface area (Å²) in [5, 5.41) is 12.3. The van der Waals surface area contributed by atoms with Crippen LogP contribution in [-0.4, -0.2) is 39.6 Å². The number of nitrogens with zero attached hydrogens (tertiary/aromatic N) is 1. The fourth-order valence-electron chi connectivity index (χ4n) is 2.58. The van der Waals surface area contributed by atoms with Crippen molar-refractivity contribution < 1.29 is 14.7 Å². The first-order chi connectivity index (χ1) is 9.00. The highest BCUT2D eigenvalue weighted by Gasteiger charge is 2.45. The first-order valence-electron chi connectivity index (χ1n) is 7.34. The predicted molar refractivity (Wildman–Crippen MR) is 78.6 cm³/mol. The van der Waals surface area contributed by atoms with Gasteiger partial charge in [-0.15, -0.1) is 0 Å². The number of hydrogen-bond donors (Lipinski definition) is 2. The highest BCUT2D eigenvalue weighted by atomic mass is 16.4. The lowest BCUT2D eigenvalue weighted by Crippen LogP contribution is -2.62. The molecule has 0 spiro atoms. The summed E-state index contributed by atoms with van der Waals surface area (Å²) >= 11 is 0. The van der Waals surface area contributed by atoms with Crippen molar-refractivity contribution >= 4 is 12.0 Å². The largest absolute Gasteiger partial charge is 0.481 e. The van der Waals surface area contributed by atoms with E-state index in [0.717, 1.165) is 19.3 Å². The van der Waals surface area contributed by atoms with E-state index >= 15 is 0 Å². The van der Waals surface area contributed by atoms with E-state index in [-0.39, 0.29) is 18.1 Å². The highest BCUT2D eigenvalue weighted by Crippen LogP contribution is 2.32. The van der Waals surface area contributed by atoms with Gasteiger partial charge in [0.1, 0.15) is 0 Å². The van der Waals surface area contributed by atoms with E-state index in [1.54, 1.807) is 27.7 Å². The Labute approximate surface area is 121 Å². The molecule has 0 radical (unpaired) electrons. The third-order valence-electron chi connectivity index (χ3n) is 4.94. The normalized spacial score (nSPS) is 24.4. The van der Waals surface area contributed by atoms with E-state index in [1.165, 1.54) is 0 Å². The molecule has 1 rings (SSSR count). The maximum atomic E-state index is 12.5. The molecular formula is C15H28N2O3. The van der Waals surface area contributed by atoms with E-state index < -0.39 is 16.9 Å². The molecular weight excluding hydrogens is 256 g/mol. The molecule has 1 saturated heterocycles. The van der Waals surface area contributed by atoms with Crippen molar-refractivity contribution in [2.75, 3.05) is 0 Å². The van der Waals surface area contributed by atoms with Crippen LogP contribution in [0.2, 0.25) is 0 Å². The molecule has 20 heavy (non-hydrogen) atoms. The van der Waals surface area contributed by atoms with Crippen molar-refractivity contribution in [1.29, 1.82) is 0 Å². The molecule has 1 heterocycles. The monoisotopic (exact) mass is 284 g/mol. The molecule has 1 aliphatic rings. The fourth-order valence-corrected chi connectivity index (χ4v) is 2.58. The summed E-state index contributed by atoms with van der Waals surface area (Å²) in [7, 11) is 0. The van der Waals surface area contributed by atoms with Crippen LogP contribution in [0.25, 0.3) is 0 Å². The van der Waals surface area contributed by atoms with Crippen molar-refractivity contribution in [1.82, 2.24) is 10.2 Å². The molecule has 0 saturated carbocycles. The van der Waals surface area contributed by atoms with Crippen molar-refractivity contribution in [2.24, 2.45) is 5.41 Å². The van der Waals surface area contributed by atoms with Gasteiger partial charge in [-0.3, -0.25) is 4.79 Å². The first kappa shape index (κ1) is 16.8. The minimum Gasteiger partial charge on any atom is -0.481 e. The number of carbonyl (C=O) groups is 2. The number of carboxylic acids is 1. The zero-order valence-electron chi connectivity index (χ0n) is 13.5. The summed E-state index contributed by atoms with van der Waals surface area (Å²) in [5.74, 6) is -0.914. The number of likely N-dealkylation sites (tertiary alicyclic amines) is 1. The third-order valence-corrected chi connectivity index (χ3v) is 4.94. The average molecular weight is 284 g/mol. The molecule has 1 aliphatic heterocycles. The molecule has 0 aromatic heterocycles. The van der Waals surface area contributed by atoms with Crippen LogP contribution in [0.4, 0.5) is 4.79 Å². The zero-order chi connectivity index (χ0) is 15.7. The van der Waals surface area contributed by atoms with E-state index in [9.17, 15) is 14.7 Å². The summed E-state index contributed by atoms with van der Waals surface area (Å²) in [4.78, 5) is 25.8. The van der Waals surface area contributed by atoms with Crippen LogP contribution in [0.5, 0.6) is 0 Å². The smallest absolute Gasteiger partial charge is 0.318 e. The standard InChI is InChI=1S/C15H28N2O3/c1-10-8-7-9-11(2)17(10)13(20)16-15(5,6)14(3,4)12(18)19/h10-11H,7-9H2,1-6H3,(H,16,20)(H,18,19). The Bertz CT molecular complexity index is 381. The molecule has 0 bridgehead atoms. The van der Waals surface area contributed by atoms with E-state index in [1.807, 2.05) is 18.7 Å². The van der Waals surface area contributed by atoms with Crippen molar-refractivity contribution in [3.05, 3.63) is 0 Å². The molecule has 2 amide bonds. The van der Waals surface area contributed by atoms with Gasteiger partial charge in [-0.25, -0.2) is 4.79 Å². The molecule has 0 aromatic rings. The van der Waals surface area contributed by atoms with E-state index in [4.69, 9.17) is 0 Å². The second kappa shape index (κ2) is 5.62. The molecule has 0 aliphatic carbocycles. The van der Waals surface area contributed by atoms with Crippen LogP contribution in [0.15, 0.2) is 0 Å². The maximum Gasteiger partial charge on any atom is 0.318 e. The quantitative estimate of drug-likeness (QED) is 0.837. The SMILES string of the molecule is CC1CCCC(C)N1C(=O)NC(C)(C)C(C)(C)C(=O)O. The van der Waals surface area contributed by atoms with Crippen molar-refractivity contribution in [3.8, 4) is 0 Å².